The van der Waals surface area contributed by atoms with E-state index < -0.39 is 18.1 Å². The summed E-state index contributed by atoms with van der Waals surface area (Å²) in [5.74, 6) is -1.15. The fourth-order valence-electron chi connectivity index (χ4n) is 2.69. The van der Waals surface area contributed by atoms with Crippen LogP contribution in [-0.2, 0) is 22.6 Å². The molecule has 0 fully saturated rings. The van der Waals surface area contributed by atoms with E-state index in [9.17, 15) is 14.7 Å². The van der Waals surface area contributed by atoms with Gasteiger partial charge in [-0.05, 0) is 23.8 Å². The predicted octanol–water partition coefficient (Wildman–Crippen LogP) is 4.40. The van der Waals surface area contributed by atoms with Crippen LogP contribution in [0.15, 0.2) is 48.7 Å². The van der Waals surface area contributed by atoms with Crippen molar-refractivity contribution in [1.82, 2.24) is 10.3 Å². The van der Waals surface area contributed by atoms with Crippen LogP contribution in [0.25, 0.3) is 10.9 Å². The highest BCUT2D eigenvalue weighted by molar-refractivity contribution is 6.35. The fraction of sp³-hybridized carbons (Fsp3) is 0.158. The summed E-state index contributed by atoms with van der Waals surface area (Å²) in [5, 5.41) is 13.6. The summed E-state index contributed by atoms with van der Waals surface area (Å²) >= 11 is 11.8. The molecule has 6 nitrogen and oxygen atoms in total. The summed E-state index contributed by atoms with van der Waals surface area (Å²) in [6.45, 7) is -0.0960. The maximum absolute atomic E-state index is 12.0. The number of para-hydroxylation sites is 1. The van der Waals surface area contributed by atoms with Crippen LogP contribution in [0.3, 0.4) is 0 Å². The van der Waals surface area contributed by atoms with Crippen LogP contribution in [-0.4, -0.2) is 28.2 Å². The van der Waals surface area contributed by atoms with Gasteiger partial charge in [-0.2, -0.15) is 0 Å². The number of carbonyl (C=O) groups is 2. The number of carboxylic acids is 1. The quantitative estimate of drug-likeness (QED) is 0.565. The lowest BCUT2D eigenvalue weighted by molar-refractivity contribution is -0.139. The summed E-state index contributed by atoms with van der Waals surface area (Å²) in [5.41, 5.74) is 2.26. The molecule has 0 radical (unpaired) electrons. The lowest BCUT2D eigenvalue weighted by atomic mass is 10.1. The van der Waals surface area contributed by atoms with Gasteiger partial charge in [-0.3, -0.25) is 0 Å². The zero-order chi connectivity index (χ0) is 19.4. The number of hydrogen-bond acceptors (Lipinski definition) is 3. The second-order valence-electron chi connectivity index (χ2n) is 5.91. The minimum atomic E-state index is -1.15. The number of rotatable bonds is 6. The van der Waals surface area contributed by atoms with Gasteiger partial charge in [0.25, 0.3) is 0 Å². The van der Waals surface area contributed by atoms with Crippen LogP contribution in [0.2, 0.25) is 10.0 Å². The molecule has 3 aromatic rings. The summed E-state index contributed by atoms with van der Waals surface area (Å²) < 4.78 is 5.09. The van der Waals surface area contributed by atoms with Gasteiger partial charge in [0.2, 0.25) is 0 Å². The molecule has 1 heterocycles. The third kappa shape index (κ3) is 4.72. The van der Waals surface area contributed by atoms with E-state index in [4.69, 9.17) is 27.9 Å². The molecule has 8 heteroatoms. The first kappa shape index (κ1) is 19.1. The number of carboxylic acid groups (broad SMARTS) is 1. The van der Waals surface area contributed by atoms with Gasteiger partial charge < -0.3 is 20.1 Å². The molecule has 3 rings (SSSR count). The molecule has 1 aromatic heterocycles. The SMILES string of the molecule is O=C(N[C@@H](Cc1c[nH]c2ccccc12)C(=O)O)OCc1ccc(Cl)cc1Cl. The molecule has 0 bridgehead atoms. The fourth-order valence-corrected chi connectivity index (χ4v) is 3.15. The van der Waals surface area contributed by atoms with E-state index in [1.807, 2.05) is 24.3 Å². The van der Waals surface area contributed by atoms with E-state index >= 15 is 0 Å². The van der Waals surface area contributed by atoms with Crippen LogP contribution < -0.4 is 5.32 Å². The van der Waals surface area contributed by atoms with Gasteiger partial charge in [-0.25, -0.2) is 9.59 Å². The number of aromatic nitrogens is 1. The molecule has 0 spiro atoms. The van der Waals surface area contributed by atoms with Crippen LogP contribution in [0, 0.1) is 0 Å². The second kappa shape index (κ2) is 8.33. The number of halogens is 2. The Morgan fingerprint density at radius 1 is 1.15 bits per heavy atom. The number of fused-ring (bicyclic) bond motifs is 1. The zero-order valence-electron chi connectivity index (χ0n) is 14.0. The Hall–Kier alpha value is -2.70. The van der Waals surface area contributed by atoms with Gasteiger partial charge in [0.05, 0.1) is 0 Å². The highest BCUT2D eigenvalue weighted by Crippen LogP contribution is 2.22. The molecular weight excluding hydrogens is 391 g/mol. The normalized spacial score (nSPS) is 11.9. The van der Waals surface area contributed by atoms with E-state index in [1.54, 1.807) is 18.3 Å². The molecule has 1 amide bonds. The summed E-state index contributed by atoms with van der Waals surface area (Å²) in [6, 6.07) is 11.2. The molecule has 140 valence electrons. The van der Waals surface area contributed by atoms with Crippen molar-refractivity contribution >= 4 is 46.2 Å². The number of benzene rings is 2. The minimum absolute atomic E-state index is 0.0960. The summed E-state index contributed by atoms with van der Waals surface area (Å²) in [7, 11) is 0. The van der Waals surface area contributed by atoms with E-state index in [0.717, 1.165) is 16.5 Å². The number of amides is 1. The topological polar surface area (TPSA) is 91.4 Å². The average Bonchev–Trinajstić information content (AvgIpc) is 3.03. The average molecular weight is 407 g/mol. The number of hydrogen-bond donors (Lipinski definition) is 3. The van der Waals surface area contributed by atoms with E-state index in [0.29, 0.717) is 15.6 Å². The first-order valence-corrected chi connectivity index (χ1v) is 8.84. The summed E-state index contributed by atoms with van der Waals surface area (Å²) in [6.07, 6.45) is 1.02. The molecule has 0 aliphatic rings. The summed E-state index contributed by atoms with van der Waals surface area (Å²) in [4.78, 5) is 26.7. The molecule has 0 aliphatic heterocycles. The number of ether oxygens (including phenoxy) is 1. The van der Waals surface area contributed by atoms with Crippen molar-refractivity contribution in [2.24, 2.45) is 0 Å². The molecule has 0 saturated carbocycles. The number of H-pyrrole nitrogens is 1. The number of carbonyl (C=O) groups excluding carboxylic acids is 1. The Balaban J connectivity index is 1.63. The van der Waals surface area contributed by atoms with Gasteiger partial charge in [-0.15, -0.1) is 0 Å². The minimum Gasteiger partial charge on any atom is -0.480 e. The van der Waals surface area contributed by atoms with Gasteiger partial charge in [0, 0.05) is 39.1 Å². The molecule has 0 unspecified atom stereocenters. The van der Waals surface area contributed by atoms with Gasteiger partial charge >= 0.3 is 12.1 Å². The molecule has 0 saturated heterocycles. The van der Waals surface area contributed by atoms with Crippen LogP contribution in [0.1, 0.15) is 11.1 Å². The largest absolute Gasteiger partial charge is 0.480 e. The maximum atomic E-state index is 12.0. The Labute approximate surface area is 165 Å². The van der Waals surface area contributed by atoms with Crippen molar-refractivity contribution in [3.63, 3.8) is 0 Å². The first-order valence-electron chi connectivity index (χ1n) is 8.09. The third-order valence-electron chi connectivity index (χ3n) is 4.06. The standard InChI is InChI=1S/C19H16Cl2N2O4/c20-13-6-5-11(15(21)8-13)10-27-19(26)23-17(18(24)25)7-12-9-22-16-4-2-1-3-14(12)16/h1-6,8-9,17,22H,7,10H2,(H,23,26)(H,24,25)/t17-/m0/s1. The Bertz CT molecular complexity index is 987. The zero-order valence-corrected chi connectivity index (χ0v) is 15.6. The monoisotopic (exact) mass is 406 g/mol. The van der Waals surface area contributed by atoms with Crippen molar-refractivity contribution in [2.45, 2.75) is 19.1 Å². The van der Waals surface area contributed by atoms with Crippen molar-refractivity contribution in [1.29, 1.82) is 0 Å². The Kier molecular flexibility index (Phi) is 5.88. The van der Waals surface area contributed by atoms with Crippen LogP contribution in [0.5, 0.6) is 0 Å². The van der Waals surface area contributed by atoms with Gasteiger partial charge in [-0.1, -0.05) is 47.5 Å². The molecule has 2 aromatic carbocycles. The number of aromatic amines is 1. The number of alkyl carbamates (subject to hydrolysis) is 1. The number of nitrogens with one attached hydrogen (secondary N) is 2. The molecule has 3 N–H and O–H groups in total. The first-order chi connectivity index (χ1) is 12.9. The van der Waals surface area contributed by atoms with Crippen LogP contribution >= 0.6 is 23.2 Å². The second-order valence-corrected chi connectivity index (χ2v) is 6.75. The highest BCUT2D eigenvalue weighted by Gasteiger charge is 2.22. The molecule has 0 aliphatic carbocycles. The van der Waals surface area contributed by atoms with Crippen molar-refractivity contribution in [3.05, 3.63) is 69.8 Å². The van der Waals surface area contributed by atoms with Crippen molar-refractivity contribution in [3.8, 4) is 0 Å². The molecular formula is C19H16Cl2N2O4. The predicted molar refractivity (Wildman–Crippen MR) is 103 cm³/mol. The smallest absolute Gasteiger partial charge is 0.408 e. The van der Waals surface area contributed by atoms with E-state index in [-0.39, 0.29) is 13.0 Å². The Morgan fingerprint density at radius 3 is 2.67 bits per heavy atom. The van der Waals surface area contributed by atoms with Gasteiger partial charge in [0.1, 0.15) is 12.6 Å². The highest BCUT2D eigenvalue weighted by atomic mass is 35.5. The van der Waals surface area contributed by atoms with E-state index in [2.05, 4.69) is 10.3 Å². The van der Waals surface area contributed by atoms with Crippen molar-refractivity contribution in [2.75, 3.05) is 0 Å². The Morgan fingerprint density at radius 2 is 1.93 bits per heavy atom. The maximum Gasteiger partial charge on any atom is 0.408 e. The van der Waals surface area contributed by atoms with E-state index in [1.165, 1.54) is 6.07 Å². The third-order valence-corrected chi connectivity index (χ3v) is 4.65. The molecule has 27 heavy (non-hydrogen) atoms. The lowest BCUT2D eigenvalue weighted by Gasteiger charge is -2.14. The molecule has 1 atom stereocenters. The lowest BCUT2D eigenvalue weighted by Crippen LogP contribution is -2.42. The van der Waals surface area contributed by atoms with Crippen molar-refractivity contribution < 1.29 is 19.4 Å². The number of aliphatic carboxylic acids is 1. The van der Waals surface area contributed by atoms with Gasteiger partial charge in [0.15, 0.2) is 0 Å². The van der Waals surface area contributed by atoms with Crippen LogP contribution in [0.4, 0.5) is 4.79 Å².